The van der Waals surface area contributed by atoms with E-state index in [0.29, 0.717) is 28.6 Å². The van der Waals surface area contributed by atoms with Crippen LogP contribution in [0.1, 0.15) is 37.0 Å². The van der Waals surface area contributed by atoms with Crippen molar-refractivity contribution < 1.29 is 9.90 Å². The molecule has 0 aliphatic rings. The van der Waals surface area contributed by atoms with E-state index in [4.69, 9.17) is 5.73 Å². The van der Waals surface area contributed by atoms with Crippen LogP contribution in [0, 0.1) is 0 Å². The molecule has 0 saturated carbocycles. The molecule has 1 aromatic rings. The molecule has 1 rings (SSSR count). The molecule has 4 N–H and O–H groups in total. The summed E-state index contributed by atoms with van der Waals surface area (Å²) in [6, 6.07) is 5.13. The van der Waals surface area contributed by atoms with Crippen molar-refractivity contribution in [1.29, 1.82) is 0 Å². The zero-order valence-corrected chi connectivity index (χ0v) is 12.3. The Morgan fingerprint density at radius 1 is 1.44 bits per heavy atom. The van der Waals surface area contributed by atoms with Gasteiger partial charge in [0.1, 0.15) is 0 Å². The minimum atomic E-state index is -0.845. The summed E-state index contributed by atoms with van der Waals surface area (Å²) in [4.78, 5) is 12.0. The lowest BCUT2D eigenvalue weighted by molar-refractivity contribution is 0.0314. The highest BCUT2D eigenvalue weighted by atomic mass is 79.9. The van der Waals surface area contributed by atoms with E-state index in [9.17, 15) is 9.90 Å². The molecule has 0 spiro atoms. The van der Waals surface area contributed by atoms with Gasteiger partial charge in [-0.05, 0) is 40.9 Å². The summed E-state index contributed by atoms with van der Waals surface area (Å²) in [6.45, 7) is 4.03. The van der Waals surface area contributed by atoms with Crippen LogP contribution < -0.4 is 11.1 Å². The molecule has 0 aliphatic heterocycles. The van der Waals surface area contributed by atoms with Crippen molar-refractivity contribution in [3.8, 4) is 0 Å². The van der Waals surface area contributed by atoms with Crippen molar-refractivity contribution in [3.05, 3.63) is 28.2 Å². The van der Waals surface area contributed by atoms with Gasteiger partial charge >= 0.3 is 0 Å². The maximum absolute atomic E-state index is 12.0. The van der Waals surface area contributed by atoms with E-state index in [2.05, 4.69) is 21.2 Å². The van der Waals surface area contributed by atoms with Crippen molar-refractivity contribution in [2.24, 2.45) is 0 Å². The predicted molar refractivity (Wildman–Crippen MR) is 76.4 cm³/mol. The van der Waals surface area contributed by atoms with Gasteiger partial charge in [0.25, 0.3) is 5.91 Å². The first kappa shape index (κ1) is 15.0. The molecule has 0 radical (unpaired) electrons. The molecular weight excluding hydrogens is 296 g/mol. The molecule has 4 nitrogen and oxygen atoms in total. The number of hydrogen-bond acceptors (Lipinski definition) is 3. The molecule has 1 amide bonds. The molecule has 100 valence electrons. The van der Waals surface area contributed by atoms with Crippen LogP contribution in [0.15, 0.2) is 22.7 Å². The van der Waals surface area contributed by atoms with Crippen LogP contribution in [-0.2, 0) is 0 Å². The Labute approximate surface area is 116 Å². The summed E-state index contributed by atoms with van der Waals surface area (Å²) in [5.74, 6) is -0.241. The molecule has 0 aliphatic carbocycles. The highest BCUT2D eigenvalue weighted by molar-refractivity contribution is 9.10. The van der Waals surface area contributed by atoms with Crippen LogP contribution in [0.3, 0.4) is 0 Å². The Morgan fingerprint density at radius 2 is 2.06 bits per heavy atom. The fraction of sp³-hybridized carbons (Fsp3) is 0.462. The fourth-order valence-corrected chi connectivity index (χ4v) is 2.01. The zero-order valence-electron chi connectivity index (χ0n) is 10.7. The van der Waals surface area contributed by atoms with Crippen LogP contribution in [0.2, 0.25) is 0 Å². The number of nitrogen functional groups attached to an aromatic ring is 1. The number of rotatable bonds is 5. The second-order valence-electron chi connectivity index (χ2n) is 4.32. The minimum absolute atomic E-state index is 0.236. The van der Waals surface area contributed by atoms with E-state index in [1.807, 2.05) is 13.8 Å². The summed E-state index contributed by atoms with van der Waals surface area (Å²) < 4.78 is 0.582. The monoisotopic (exact) mass is 314 g/mol. The number of benzene rings is 1. The Balaban J connectivity index is 2.75. The molecular formula is C13H19BrN2O2. The molecule has 0 heterocycles. The quantitative estimate of drug-likeness (QED) is 0.730. The maximum Gasteiger partial charge on any atom is 0.252 e. The largest absolute Gasteiger partial charge is 0.398 e. The van der Waals surface area contributed by atoms with Gasteiger partial charge in [0.15, 0.2) is 0 Å². The standard InChI is InChI=1S/C13H19BrN2O2/c1-3-13(18,4-2)8-16-12(17)9-6-5-7-10(15)11(9)14/h5-7,18H,3-4,8,15H2,1-2H3,(H,16,17). The highest BCUT2D eigenvalue weighted by Crippen LogP contribution is 2.23. The Hall–Kier alpha value is -1.07. The average Bonchev–Trinajstić information content (AvgIpc) is 2.39. The lowest BCUT2D eigenvalue weighted by atomic mass is 9.97. The topological polar surface area (TPSA) is 75.3 Å². The number of aliphatic hydroxyl groups is 1. The van der Waals surface area contributed by atoms with Gasteiger partial charge in [-0.15, -0.1) is 0 Å². The van der Waals surface area contributed by atoms with Crippen molar-refractivity contribution in [1.82, 2.24) is 5.32 Å². The van der Waals surface area contributed by atoms with E-state index in [-0.39, 0.29) is 12.5 Å². The second-order valence-corrected chi connectivity index (χ2v) is 5.12. The van der Waals surface area contributed by atoms with Gasteiger partial charge in [-0.3, -0.25) is 4.79 Å². The summed E-state index contributed by atoms with van der Waals surface area (Å²) in [6.07, 6.45) is 1.20. The van der Waals surface area contributed by atoms with Crippen LogP contribution >= 0.6 is 15.9 Å². The van der Waals surface area contributed by atoms with E-state index in [1.54, 1.807) is 18.2 Å². The molecule has 1 aromatic carbocycles. The third kappa shape index (κ3) is 3.46. The number of amides is 1. The van der Waals surface area contributed by atoms with Crippen LogP contribution in [0.5, 0.6) is 0 Å². The number of carbonyl (C=O) groups excluding carboxylic acids is 1. The molecule has 0 bridgehead atoms. The van der Waals surface area contributed by atoms with Crippen molar-refractivity contribution in [2.45, 2.75) is 32.3 Å². The Bertz CT molecular complexity index is 431. The van der Waals surface area contributed by atoms with Gasteiger partial charge < -0.3 is 16.2 Å². The molecule has 0 unspecified atom stereocenters. The minimum Gasteiger partial charge on any atom is -0.398 e. The molecule has 0 atom stereocenters. The summed E-state index contributed by atoms with van der Waals surface area (Å²) in [5, 5.41) is 12.8. The van der Waals surface area contributed by atoms with Crippen LogP contribution in [0.25, 0.3) is 0 Å². The van der Waals surface area contributed by atoms with Crippen molar-refractivity contribution >= 4 is 27.5 Å². The van der Waals surface area contributed by atoms with Gasteiger partial charge in [-0.2, -0.15) is 0 Å². The van der Waals surface area contributed by atoms with Gasteiger partial charge in [0.2, 0.25) is 0 Å². The number of anilines is 1. The third-order valence-electron chi connectivity index (χ3n) is 3.17. The van der Waals surface area contributed by atoms with E-state index < -0.39 is 5.60 Å². The number of nitrogens with two attached hydrogens (primary N) is 1. The summed E-state index contributed by atoms with van der Waals surface area (Å²) >= 11 is 3.29. The first-order valence-corrected chi connectivity index (χ1v) is 6.77. The average molecular weight is 315 g/mol. The van der Waals surface area contributed by atoms with E-state index >= 15 is 0 Å². The van der Waals surface area contributed by atoms with Crippen LogP contribution in [-0.4, -0.2) is 23.2 Å². The zero-order chi connectivity index (χ0) is 13.8. The van der Waals surface area contributed by atoms with Gasteiger partial charge in [-0.1, -0.05) is 19.9 Å². The molecule has 18 heavy (non-hydrogen) atoms. The van der Waals surface area contributed by atoms with Gasteiger partial charge in [-0.25, -0.2) is 0 Å². The van der Waals surface area contributed by atoms with E-state index in [1.165, 1.54) is 0 Å². The summed E-state index contributed by atoms with van der Waals surface area (Å²) in [5.41, 5.74) is 5.87. The Morgan fingerprint density at radius 3 is 2.61 bits per heavy atom. The lowest BCUT2D eigenvalue weighted by Gasteiger charge is -2.25. The lowest BCUT2D eigenvalue weighted by Crippen LogP contribution is -2.42. The fourth-order valence-electron chi connectivity index (χ4n) is 1.57. The normalized spacial score (nSPS) is 11.3. The smallest absolute Gasteiger partial charge is 0.252 e. The summed E-state index contributed by atoms with van der Waals surface area (Å²) in [7, 11) is 0. The number of carbonyl (C=O) groups is 1. The molecule has 0 saturated heterocycles. The van der Waals surface area contributed by atoms with Crippen molar-refractivity contribution in [3.63, 3.8) is 0 Å². The number of hydrogen-bond donors (Lipinski definition) is 3. The highest BCUT2D eigenvalue weighted by Gasteiger charge is 2.23. The van der Waals surface area contributed by atoms with E-state index in [0.717, 1.165) is 0 Å². The predicted octanol–water partition coefficient (Wildman–Crippen LogP) is 2.31. The first-order chi connectivity index (χ1) is 8.43. The molecule has 5 heteroatoms. The third-order valence-corrected chi connectivity index (χ3v) is 4.05. The Kier molecular flexibility index (Phi) is 5.16. The SMILES string of the molecule is CCC(O)(CC)CNC(=O)c1cccc(N)c1Br. The molecule has 0 aromatic heterocycles. The number of nitrogens with one attached hydrogen (secondary N) is 1. The number of halogens is 1. The van der Waals surface area contributed by atoms with Gasteiger partial charge in [0, 0.05) is 12.2 Å². The molecule has 0 fully saturated rings. The van der Waals surface area contributed by atoms with Crippen LogP contribution in [0.4, 0.5) is 5.69 Å². The van der Waals surface area contributed by atoms with Gasteiger partial charge in [0.05, 0.1) is 15.6 Å². The maximum atomic E-state index is 12.0. The van der Waals surface area contributed by atoms with Crippen molar-refractivity contribution in [2.75, 3.05) is 12.3 Å². The first-order valence-electron chi connectivity index (χ1n) is 5.98. The second kappa shape index (κ2) is 6.20.